The molecule has 0 spiro atoms. The first-order valence-electron chi connectivity index (χ1n) is 12.7. The van der Waals surface area contributed by atoms with Crippen LogP contribution in [0.5, 0.6) is 0 Å². The Morgan fingerprint density at radius 1 is 0.675 bits per heavy atom. The summed E-state index contributed by atoms with van der Waals surface area (Å²) in [6, 6.07) is 36.8. The van der Waals surface area contributed by atoms with Gasteiger partial charge in [-0.2, -0.15) is 13.2 Å². The third-order valence-electron chi connectivity index (χ3n) is 6.13. The molecule has 0 saturated heterocycles. The molecule has 2 N–H and O–H groups in total. The number of carboxylic acids is 2. The first-order valence-corrected chi connectivity index (χ1v) is 12.7. The van der Waals surface area contributed by atoms with Gasteiger partial charge in [-0.05, 0) is 59.3 Å². The Hall–Kier alpha value is -4.43. The van der Waals surface area contributed by atoms with Crippen molar-refractivity contribution in [1.82, 2.24) is 4.90 Å². The second kappa shape index (κ2) is 14.6. The van der Waals surface area contributed by atoms with Gasteiger partial charge in [-0.1, -0.05) is 97.1 Å². The highest BCUT2D eigenvalue weighted by atomic mass is 19.4. The summed E-state index contributed by atoms with van der Waals surface area (Å²) >= 11 is 0. The zero-order chi connectivity index (χ0) is 29.0. The number of rotatable bonds is 10. The van der Waals surface area contributed by atoms with Crippen LogP contribution in [0.1, 0.15) is 33.5 Å². The minimum Gasteiger partial charge on any atom is -0.478 e. The smallest absolute Gasteiger partial charge is 0.478 e. The van der Waals surface area contributed by atoms with Crippen molar-refractivity contribution in [3.05, 3.63) is 131 Å². The van der Waals surface area contributed by atoms with E-state index in [4.69, 9.17) is 9.90 Å². The molecule has 0 atom stereocenters. The number of aliphatic carboxylic acids is 1. The summed E-state index contributed by atoms with van der Waals surface area (Å²) in [7, 11) is 0. The van der Waals surface area contributed by atoms with E-state index in [9.17, 15) is 23.1 Å². The zero-order valence-corrected chi connectivity index (χ0v) is 21.7. The SMILES string of the molecule is O=C(O)C(F)(F)F.O=C(O)c1ccc(-c2ccccc2CN(CCCc2ccccc2)Cc2ccccc2)cc1. The van der Waals surface area contributed by atoms with Gasteiger partial charge in [0.15, 0.2) is 0 Å². The third-order valence-corrected chi connectivity index (χ3v) is 6.13. The quantitative estimate of drug-likeness (QED) is 0.217. The van der Waals surface area contributed by atoms with E-state index in [1.165, 1.54) is 16.7 Å². The van der Waals surface area contributed by atoms with Crippen molar-refractivity contribution < 1.29 is 33.0 Å². The summed E-state index contributed by atoms with van der Waals surface area (Å²) in [5.74, 6) is -3.66. The summed E-state index contributed by atoms with van der Waals surface area (Å²) in [5, 5.41) is 16.3. The highest BCUT2D eigenvalue weighted by Crippen LogP contribution is 2.26. The molecule has 0 aliphatic rings. The van der Waals surface area contributed by atoms with Crippen LogP contribution in [0.4, 0.5) is 13.2 Å². The number of aromatic carboxylic acids is 1. The molecule has 208 valence electrons. The van der Waals surface area contributed by atoms with Gasteiger partial charge in [0.05, 0.1) is 5.56 Å². The Morgan fingerprint density at radius 3 is 1.75 bits per heavy atom. The number of aryl methyl sites for hydroxylation is 1. The van der Waals surface area contributed by atoms with Crippen LogP contribution in [0.2, 0.25) is 0 Å². The minimum absolute atomic E-state index is 0.308. The Kier molecular flexibility index (Phi) is 11.0. The molecule has 0 aliphatic heterocycles. The molecule has 4 rings (SSSR count). The van der Waals surface area contributed by atoms with E-state index >= 15 is 0 Å². The average Bonchev–Trinajstić information content (AvgIpc) is 2.94. The molecule has 0 radical (unpaired) electrons. The van der Waals surface area contributed by atoms with E-state index in [1.807, 2.05) is 18.2 Å². The Morgan fingerprint density at radius 2 is 1.20 bits per heavy atom. The van der Waals surface area contributed by atoms with Crippen molar-refractivity contribution in [2.75, 3.05) is 6.54 Å². The van der Waals surface area contributed by atoms with Crippen molar-refractivity contribution in [3.63, 3.8) is 0 Å². The van der Waals surface area contributed by atoms with Crippen LogP contribution in [0.15, 0.2) is 109 Å². The van der Waals surface area contributed by atoms with Crippen LogP contribution in [0, 0.1) is 0 Å². The number of hydrogen-bond donors (Lipinski definition) is 2. The Labute approximate surface area is 231 Å². The average molecular weight is 550 g/mol. The molecule has 4 aromatic carbocycles. The molecular formula is C32H30F3NO4. The van der Waals surface area contributed by atoms with Gasteiger partial charge in [0, 0.05) is 13.1 Å². The number of carbonyl (C=O) groups is 2. The second-order valence-corrected chi connectivity index (χ2v) is 9.13. The Balaban J connectivity index is 0.000000559. The molecule has 4 aromatic rings. The molecular weight excluding hydrogens is 519 g/mol. The number of nitrogens with zero attached hydrogens (tertiary/aromatic N) is 1. The van der Waals surface area contributed by atoms with Gasteiger partial charge >= 0.3 is 18.1 Å². The molecule has 0 aliphatic carbocycles. The van der Waals surface area contributed by atoms with Gasteiger partial charge in [0.1, 0.15) is 0 Å². The van der Waals surface area contributed by atoms with E-state index in [0.29, 0.717) is 5.56 Å². The normalized spacial score (nSPS) is 11.0. The molecule has 0 unspecified atom stereocenters. The van der Waals surface area contributed by atoms with Crippen molar-refractivity contribution in [3.8, 4) is 11.1 Å². The third kappa shape index (κ3) is 9.71. The van der Waals surface area contributed by atoms with Crippen LogP contribution < -0.4 is 0 Å². The molecule has 0 fully saturated rings. The van der Waals surface area contributed by atoms with E-state index in [2.05, 4.69) is 83.8 Å². The molecule has 8 heteroatoms. The lowest BCUT2D eigenvalue weighted by molar-refractivity contribution is -0.192. The highest BCUT2D eigenvalue weighted by molar-refractivity contribution is 5.88. The molecule has 0 bridgehead atoms. The Bertz CT molecular complexity index is 1360. The van der Waals surface area contributed by atoms with Gasteiger partial charge in [-0.25, -0.2) is 9.59 Å². The number of carboxylic acid groups (broad SMARTS) is 2. The molecule has 0 saturated carbocycles. The molecule has 0 aromatic heterocycles. The molecule has 0 heterocycles. The largest absolute Gasteiger partial charge is 0.490 e. The number of alkyl halides is 3. The summed E-state index contributed by atoms with van der Waals surface area (Å²) in [5.41, 5.74) is 6.42. The van der Waals surface area contributed by atoms with Gasteiger partial charge in [-0.15, -0.1) is 0 Å². The van der Waals surface area contributed by atoms with Crippen molar-refractivity contribution in [1.29, 1.82) is 0 Å². The maximum Gasteiger partial charge on any atom is 0.490 e. The van der Waals surface area contributed by atoms with Crippen molar-refractivity contribution >= 4 is 11.9 Å². The van der Waals surface area contributed by atoms with Crippen LogP contribution in [0.3, 0.4) is 0 Å². The topological polar surface area (TPSA) is 77.8 Å². The predicted molar refractivity (Wildman–Crippen MR) is 148 cm³/mol. The number of hydrogen-bond acceptors (Lipinski definition) is 3. The van der Waals surface area contributed by atoms with Crippen LogP contribution in [-0.4, -0.2) is 39.8 Å². The van der Waals surface area contributed by atoms with Gasteiger partial charge in [-0.3, -0.25) is 4.90 Å². The monoisotopic (exact) mass is 549 g/mol. The van der Waals surface area contributed by atoms with E-state index in [-0.39, 0.29) is 0 Å². The van der Waals surface area contributed by atoms with Gasteiger partial charge < -0.3 is 10.2 Å². The standard InChI is InChI=1S/C30H29NO2.C2HF3O2/c32-30(33)27-19-17-26(18-20-27)29-16-8-7-15-28(29)23-31(22-25-12-5-2-6-13-25)21-9-14-24-10-3-1-4-11-24;3-2(4,5)1(6)7/h1-8,10-13,15-20H,9,14,21-23H2,(H,32,33);(H,6,7). The van der Waals surface area contributed by atoms with Crippen LogP contribution >= 0.6 is 0 Å². The zero-order valence-electron chi connectivity index (χ0n) is 21.7. The fraction of sp³-hybridized carbons (Fsp3) is 0.188. The molecule has 5 nitrogen and oxygen atoms in total. The summed E-state index contributed by atoms with van der Waals surface area (Å²) in [6.45, 7) is 2.72. The first-order chi connectivity index (χ1) is 19.1. The van der Waals surface area contributed by atoms with Crippen LogP contribution in [0.25, 0.3) is 11.1 Å². The second-order valence-electron chi connectivity index (χ2n) is 9.13. The molecule has 0 amide bonds. The number of benzene rings is 4. The minimum atomic E-state index is -5.08. The first kappa shape index (κ1) is 30.1. The lowest BCUT2D eigenvalue weighted by Crippen LogP contribution is -2.24. The van der Waals surface area contributed by atoms with Crippen molar-refractivity contribution in [2.45, 2.75) is 32.1 Å². The van der Waals surface area contributed by atoms with E-state index in [0.717, 1.165) is 43.6 Å². The van der Waals surface area contributed by atoms with Crippen LogP contribution in [-0.2, 0) is 24.3 Å². The summed E-state index contributed by atoms with van der Waals surface area (Å²) in [6.07, 6.45) is -2.93. The summed E-state index contributed by atoms with van der Waals surface area (Å²) in [4.78, 5) is 22.6. The maximum atomic E-state index is 11.2. The summed E-state index contributed by atoms with van der Waals surface area (Å²) < 4.78 is 31.7. The number of halogens is 3. The van der Waals surface area contributed by atoms with Gasteiger partial charge in [0.25, 0.3) is 0 Å². The van der Waals surface area contributed by atoms with E-state index in [1.54, 1.807) is 12.1 Å². The van der Waals surface area contributed by atoms with Gasteiger partial charge in [0.2, 0.25) is 0 Å². The van der Waals surface area contributed by atoms with E-state index < -0.39 is 18.1 Å². The van der Waals surface area contributed by atoms with Crippen molar-refractivity contribution in [2.24, 2.45) is 0 Å². The fourth-order valence-electron chi connectivity index (χ4n) is 4.18. The fourth-order valence-corrected chi connectivity index (χ4v) is 4.18. The lowest BCUT2D eigenvalue weighted by Gasteiger charge is -2.24. The highest BCUT2D eigenvalue weighted by Gasteiger charge is 2.38. The molecule has 40 heavy (non-hydrogen) atoms. The maximum absolute atomic E-state index is 11.2. The lowest BCUT2D eigenvalue weighted by atomic mass is 9.98. The predicted octanol–water partition coefficient (Wildman–Crippen LogP) is 7.32.